The minimum Gasteiger partial charge on any atom is -0.333 e. The van der Waals surface area contributed by atoms with Gasteiger partial charge >= 0.3 is 0 Å². The number of nitrogens with zero attached hydrogens (tertiary/aromatic N) is 2. The molecule has 0 aliphatic heterocycles. The van der Waals surface area contributed by atoms with E-state index in [0.29, 0.717) is 4.90 Å². The van der Waals surface area contributed by atoms with Crippen molar-refractivity contribution in [2.75, 3.05) is 0 Å². The molecule has 1 aromatic heterocycles. The molecule has 0 atom stereocenters. The van der Waals surface area contributed by atoms with Crippen LogP contribution in [0.15, 0.2) is 60.0 Å². The highest BCUT2D eigenvalue weighted by Crippen LogP contribution is 2.21. The minimum absolute atomic E-state index is 0.264. The number of benzene rings is 2. The molecule has 26 heavy (non-hydrogen) atoms. The molecule has 0 bridgehead atoms. The predicted octanol–water partition coefficient (Wildman–Crippen LogP) is 3.34. The topological polar surface area (TPSA) is 64.0 Å². The molecule has 0 unspecified atom stereocenters. The zero-order chi connectivity index (χ0) is 18.7. The van der Waals surface area contributed by atoms with Gasteiger partial charge in [-0.15, -0.1) is 0 Å². The van der Waals surface area contributed by atoms with E-state index in [9.17, 15) is 8.42 Å². The average molecular weight is 369 g/mol. The summed E-state index contributed by atoms with van der Waals surface area (Å²) in [5.74, 6) is 0. The zero-order valence-electron chi connectivity index (χ0n) is 15.2. The summed E-state index contributed by atoms with van der Waals surface area (Å²) in [7, 11) is -3.55. The van der Waals surface area contributed by atoms with Gasteiger partial charge in [-0.05, 0) is 43.0 Å². The molecular formula is C20H23N3O2S. The van der Waals surface area contributed by atoms with Gasteiger partial charge in [0.1, 0.15) is 0 Å². The number of imidazole rings is 1. The Hall–Kier alpha value is -2.44. The van der Waals surface area contributed by atoms with Crippen molar-refractivity contribution < 1.29 is 8.42 Å². The van der Waals surface area contributed by atoms with E-state index in [2.05, 4.69) is 9.71 Å². The fraction of sp³-hybridized carbons (Fsp3) is 0.250. The Morgan fingerprint density at radius 1 is 1.00 bits per heavy atom. The lowest BCUT2D eigenvalue weighted by molar-refractivity contribution is 0.580. The van der Waals surface area contributed by atoms with Crippen LogP contribution in [0.4, 0.5) is 0 Å². The van der Waals surface area contributed by atoms with E-state index in [0.717, 1.165) is 34.4 Å². The lowest BCUT2D eigenvalue weighted by Gasteiger charge is -2.13. The van der Waals surface area contributed by atoms with Crippen LogP contribution < -0.4 is 4.72 Å². The summed E-state index contributed by atoms with van der Waals surface area (Å²) in [6.07, 6.45) is 5.43. The lowest BCUT2D eigenvalue weighted by atomic mass is 10.1. The summed E-state index contributed by atoms with van der Waals surface area (Å²) in [6, 6.07) is 11.7. The van der Waals surface area contributed by atoms with Gasteiger partial charge in [0.15, 0.2) is 0 Å². The molecule has 3 aromatic rings. The Balaban J connectivity index is 1.70. The van der Waals surface area contributed by atoms with Crippen LogP contribution in [0.3, 0.4) is 0 Å². The maximum absolute atomic E-state index is 12.7. The first-order valence-corrected chi connectivity index (χ1v) is 9.94. The largest absolute Gasteiger partial charge is 0.333 e. The maximum atomic E-state index is 12.7. The third kappa shape index (κ3) is 4.20. The molecule has 136 valence electrons. The van der Waals surface area contributed by atoms with Crippen LogP contribution in [0, 0.1) is 20.8 Å². The maximum Gasteiger partial charge on any atom is 0.241 e. The second-order valence-electron chi connectivity index (χ2n) is 6.60. The number of nitrogens with one attached hydrogen (secondary N) is 1. The van der Waals surface area contributed by atoms with Crippen LogP contribution in [0.25, 0.3) is 0 Å². The fourth-order valence-corrected chi connectivity index (χ4v) is 4.66. The summed E-state index contributed by atoms with van der Waals surface area (Å²) in [5.41, 5.74) is 4.66. The van der Waals surface area contributed by atoms with Crippen LogP contribution in [0.5, 0.6) is 0 Å². The molecule has 0 amide bonds. The molecule has 2 aromatic carbocycles. The first-order valence-electron chi connectivity index (χ1n) is 8.46. The summed E-state index contributed by atoms with van der Waals surface area (Å²) < 4.78 is 30.1. The van der Waals surface area contributed by atoms with Crippen molar-refractivity contribution in [2.24, 2.45) is 0 Å². The van der Waals surface area contributed by atoms with E-state index in [4.69, 9.17) is 0 Å². The molecule has 0 saturated carbocycles. The molecular weight excluding hydrogens is 346 g/mol. The average Bonchev–Trinajstić information content (AvgIpc) is 3.06. The molecule has 0 spiro atoms. The first-order chi connectivity index (χ1) is 12.3. The van der Waals surface area contributed by atoms with Crippen molar-refractivity contribution in [3.8, 4) is 0 Å². The van der Waals surface area contributed by atoms with Gasteiger partial charge in [-0.1, -0.05) is 42.0 Å². The summed E-state index contributed by atoms with van der Waals surface area (Å²) in [5, 5.41) is 0. The van der Waals surface area contributed by atoms with Gasteiger partial charge in [0, 0.05) is 25.5 Å². The van der Waals surface area contributed by atoms with Crippen molar-refractivity contribution in [1.29, 1.82) is 0 Å². The van der Waals surface area contributed by atoms with Crippen molar-refractivity contribution in [1.82, 2.24) is 14.3 Å². The third-order valence-electron chi connectivity index (χ3n) is 4.29. The highest BCUT2D eigenvalue weighted by atomic mass is 32.2. The molecule has 1 heterocycles. The molecule has 6 heteroatoms. The molecule has 3 rings (SSSR count). The number of hydrogen-bond acceptors (Lipinski definition) is 3. The van der Waals surface area contributed by atoms with E-state index >= 15 is 0 Å². The van der Waals surface area contributed by atoms with E-state index in [1.165, 1.54) is 0 Å². The molecule has 1 N–H and O–H groups in total. The Morgan fingerprint density at radius 3 is 2.19 bits per heavy atom. The summed E-state index contributed by atoms with van der Waals surface area (Å²) in [6.45, 7) is 6.64. The molecule has 0 radical (unpaired) electrons. The number of aromatic nitrogens is 2. The standard InChI is InChI=1S/C20H23N3O2S/c1-15-10-16(2)20(17(3)11-15)26(24,25)22-12-18-4-6-19(7-5-18)13-23-9-8-21-14-23/h4-11,14,22H,12-13H2,1-3H3. The minimum atomic E-state index is -3.55. The van der Waals surface area contributed by atoms with Crippen molar-refractivity contribution in [3.63, 3.8) is 0 Å². The SMILES string of the molecule is Cc1cc(C)c(S(=O)(=O)NCc2ccc(Cn3ccnc3)cc2)c(C)c1. The van der Waals surface area contributed by atoms with E-state index in [-0.39, 0.29) is 6.54 Å². The lowest BCUT2D eigenvalue weighted by Crippen LogP contribution is -2.25. The van der Waals surface area contributed by atoms with E-state index in [1.807, 2.05) is 67.9 Å². The molecule has 0 aliphatic carbocycles. The number of rotatable bonds is 6. The highest BCUT2D eigenvalue weighted by molar-refractivity contribution is 7.89. The Bertz CT molecular complexity index is 969. The smallest absolute Gasteiger partial charge is 0.241 e. The second kappa shape index (κ2) is 7.43. The molecule has 0 aliphatic rings. The Labute approximate surface area is 154 Å². The van der Waals surface area contributed by atoms with Gasteiger partial charge in [0.25, 0.3) is 0 Å². The summed E-state index contributed by atoms with van der Waals surface area (Å²) >= 11 is 0. The van der Waals surface area contributed by atoms with Gasteiger partial charge in [0.05, 0.1) is 11.2 Å². The Kier molecular flexibility index (Phi) is 5.25. The van der Waals surface area contributed by atoms with Crippen LogP contribution in [0.2, 0.25) is 0 Å². The van der Waals surface area contributed by atoms with Gasteiger partial charge in [-0.3, -0.25) is 0 Å². The molecule has 0 saturated heterocycles. The predicted molar refractivity (Wildman–Crippen MR) is 102 cm³/mol. The van der Waals surface area contributed by atoms with E-state index in [1.54, 1.807) is 12.5 Å². The Morgan fingerprint density at radius 2 is 1.62 bits per heavy atom. The van der Waals surface area contributed by atoms with Crippen LogP contribution in [-0.2, 0) is 23.1 Å². The monoisotopic (exact) mass is 369 g/mol. The number of hydrogen-bond donors (Lipinski definition) is 1. The number of aryl methyl sites for hydroxylation is 3. The van der Waals surface area contributed by atoms with Crippen molar-refractivity contribution in [3.05, 3.63) is 82.9 Å². The van der Waals surface area contributed by atoms with E-state index < -0.39 is 10.0 Å². The van der Waals surface area contributed by atoms with Crippen molar-refractivity contribution in [2.45, 2.75) is 38.8 Å². The number of sulfonamides is 1. The first kappa shape index (κ1) is 18.4. The van der Waals surface area contributed by atoms with Crippen LogP contribution in [-0.4, -0.2) is 18.0 Å². The van der Waals surface area contributed by atoms with Crippen LogP contribution in [0.1, 0.15) is 27.8 Å². The molecule has 5 nitrogen and oxygen atoms in total. The van der Waals surface area contributed by atoms with Crippen LogP contribution >= 0.6 is 0 Å². The molecule has 0 fully saturated rings. The normalized spacial score (nSPS) is 11.7. The fourth-order valence-electron chi connectivity index (χ4n) is 3.19. The van der Waals surface area contributed by atoms with Gasteiger partial charge in [-0.2, -0.15) is 0 Å². The summed E-state index contributed by atoms with van der Waals surface area (Å²) in [4.78, 5) is 4.40. The highest BCUT2D eigenvalue weighted by Gasteiger charge is 2.19. The second-order valence-corrected chi connectivity index (χ2v) is 8.31. The van der Waals surface area contributed by atoms with Gasteiger partial charge < -0.3 is 4.57 Å². The third-order valence-corrected chi connectivity index (χ3v) is 5.99. The van der Waals surface area contributed by atoms with Crippen molar-refractivity contribution >= 4 is 10.0 Å². The van der Waals surface area contributed by atoms with Gasteiger partial charge in [0.2, 0.25) is 10.0 Å². The van der Waals surface area contributed by atoms with Gasteiger partial charge in [-0.25, -0.2) is 18.1 Å². The quantitative estimate of drug-likeness (QED) is 0.725. The zero-order valence-corrected chi connectivity index (χ0v) is 16.0.